The number of hydrogen-bond acceptors (Lipinski definition) is 3. The van der Waals surface area contributed by atoms with E-state index in [1.165, 1.54) is 11.3 Å². The van der Waals surface area contributed by atoms with Crippen LogP contribution in [0.2, 0.25) is 0 Å². The minimum atomic E-state index is 0.746. The summed E-state index contributed by atoms with van der Waals surface area (Å²) in [6, 6.07) is 9.78. The zero-order chi connectivity index (χ0) is 11.0. The van der Waals surface area contributed by atoms with Crippen LogP contribution in [0.3, 0.4) is 0 Å². The molecule has 0 aliphatic heterocycles. The van der Waals surface area contributed by atoms with Crippen LogP contribution >= 0.6 is 11.3 Å². The molecule has 0 fully saturated rings. The van der Waals surface area contributed by atoms with Crippen LogP contribution in [0, 0.1) is 0 Å². The third kappa shape index (κ3) is 1.37. The van der Waals surface area contributed by atoms with Gasteiger partial charge in [0.05, 0.1) is 11.1 Å². The summed E-state index contributed by atoms with van der Waals surface area (Å²) in [5, 5.41) is 3.07. The van der Waals surface area contributed by atoms with Crippen LogP contribution in [0.4, 0.5) is 0 Å². The Hall–Kier alpha value is -1.87. The lowest BCUT2D eigenvalue weighted by molar-refractivity contribution is 0.112. The van der Waals surface area contributed by atoms with Crippen molar-refractivity contribution >= 4 is 28.6 Å². The molecule has 0 aliphatic rings. The van der Waals surface area contributed by atoms with Gasteiger partial charge in [-0.25, -0.2) is 0 Å². The molecule has 0 amide bonds. The van der Waals surface area contributed by atoms with E-state index in [1.807, 2.05) is 35.7 Å². The van der Waals surface area contributed by atoms with Crippen LogP contribution in [-0.2, 0) is 0 Å². The first-order valence-corrected chi connectivity index (χ1v) is 5.77. The summed E-state index contributed by atoms with van der Waals surface area (Å²) >= 11 is 1.46. The van der Waals surface area contributed by atoms with Crippen LogP contribution in [0.1, 0.15) is 9.67 Å². The number of aldehydes is 1. The lowest BCUT2D eigenvalue weighted by Crippen LogP contribution is -1.75. The lowest BCUT2D eigenvalue weighted by Gasteiger charge is -1.98. The van der Waals surface area contributed by atoms with Gasteiger partial charge in [0.15, 0.2) is 6.29 Å². The van der Waals surface area contributed by atoms with Crippen LogP contribution in [0.25, 0.3) is 22.1 Å². The predicted molar refractivity (Wildman–Crippen MR) is 64.9 cm³/mol. The van der Waals surface area contributed by atoms with E-state index in [4.69, 9.17) is 4.42 Å². The number of carbonyl (C=O) groups is 1. The van der Waals surface area contributed by atoms with Crippen molar-refractivity contribution in [1.29, 1.82) is 0 Å². The Morgan fingerprint density at radius 3 is 3.00 bits per heavy atom. The van der Waals surface area contributed by atoms with Crippen molar-refractivity contribution in [2.45, 2.75) is 0 Å². The van der Waals surface area contributed by atoms with Gasteiger partial charge in [-0.3, -0.25) is 4.79 Å². The number of carbonyl (C=O) groups excluding carboxylic acids is 1. The minimum absolute atomic E-state index is 0.746. The summed E-state index contributed by atoms with van der Waals surface area (Å²) in [6.45, 7) is 0. The zero-order valence-electron chi connectivity index (χ0n) is 8.34. The van der Waals surface area contributed by atoms with Crippen molar-refractivity contribution in [2.75, 3.05) is 0 Å². The second-order valence-electron chi connectivity index (χ2n) is 3.49. The monoisotopic (exact) mass is 228 g/mol. The Kier molecular flexibility index (Phi) is 2.11. The van der Waals surface area contributed by atoms with Crippen LogP contribution < -0.4 is 0 Å². The van der Waals surface area contributed by atoms with Crippen molar-refractivity contribution in [2.24, 2.45) is 0 Å². The minimum Gasteiger partial charge on any atom is -0.464 e. The van der Waals surface area contributed by atoms with Crippen molar-refractivity contribution in [3.05, 3.63) is 46.9 Å². The van der Waals surface area contributed by atoms with Gasteiger partial charge in [0, 0.05) is 5.39 Å². The van der Waals surface area contributed by atoms with Crippen LogP contribution in [0.5, 0.6) is 0 Å². The Balaban J connectivity index is 2.24. The van der Waals surface area contributed by atoms with Gasteiger partial charge in [-0.2, -0.15) is 0 Å². The molecule has 2 aromatic heterocycles. The van der Waals surface area contributed by atoms with E-state index in [0.717, 1.165) is 33.3 Å². The molecule has 0 bridgehead atoms. The molecule has 2 nitrogen and oxygen atoms in total. The highest BCUT2D eigenvalue weighted by molar-refractivity contribution is 7.12. The number of benzene rings is 1. The Labute approximate surface area is 96.1 Å². The van der Waals surface area contributed by atoms with E-state index in [9.17, 15) is 4.79 Å². The molecular weight excluding hydrogens is 220 g/mol. The molecule has 1 aromatic carbocycles. The number of thiophene rings is 1. The summed E-state index contributed by atoms with van der Waals surface area (Å²) in [4.78, 5) is 11.4. The molecule has 0 saturated carbocycles. The van der Waals surface area contributed by atoms with E-state index < -0.39 is 0 Å². The number of fused-ring (bicyclic) bond motifs is 1. The number of furan rings is 1. The maximum absolute atomic E-state index is 10.7. The third-order valence-electron chi connectivity index (χ3n) is 2.54. The summed E-state index contributed by atoms with van der Waals surface area (Å²) < 4.78 is 5.35. The summed E-state index contributed by atoms with van der Waals surface area (Å²) in [5.41, 5.74) is 3.05. The largest absolute Gasteiger partial charge is 0.464 e. The highest BCUT2D eigenvalue weighted by Crippen LogP contribution is 2.31. The normalized spacial score (nSPS) is 10.8. The predicted octanol–water partition coefficient (Wildman–Crippen LogP) is 3.97. The van der Waals surface area contributed by atoms with Crippen LogP contribution in [-0.4, -0.2) is 6.29 Å². The zero-order valence-corrected chi connectivity index (χ0v) is 9.16. The van der Waals surface area contributed by atoms with E-state index in [0.29, 0.717) is 0 Å². The molecule has 3 heteroatoms. The highest BCUT2D eigenvalue weighted by atomic mass is 32.1. The van der Waals surface area contributed by atoms with Crippen LogP contribution in [0.15, 0.2) is 46.4 Å². The van der Waals surface area contributed by atoms with Gasteiger partial charge < -0.3 is 4.42 Å². The number of hydrogen-bond donors (Lipinski definition) is 0. The first-order chi connectivity index (χ1) is 7.88. The fraction of sp³-hybridized carbons (Fsp3) is 0. The topological polar surface area (TPSA) is 30.2 Å². The molecule has 3 rings (SSSR count). The molecule has 2 heterocycles. The number of rotatable bonds is 2. The van der Waals surface area contributed by atoms with Gasteiger partial charge in [-0.05, 0) is 34.7 Å². The average Bonchev–Trinajstić information content (AvgIpc) is 2.97. The Morgan fingerprint density at radius 1 is 1.25 bits per heavy atom. The van der Waals surface area contributed by atoms with E-state index in [-0.39, 0.29) is 0 Å². The molecule has 0 unspecified atom stereocenters. The maximum atomic E-state index is 10.7. The van der Waals surface area contributed by atoms with Gasteiger partial charge in [0.25, 0.3) is 0 Å². The van der Waals surface area contributed by atoms with Gasteiger partial charge in [0.2, 0.25) is 0 Å². The van der Waals surface area contributed by atoms with E-state index in [2.05, 4.69) is 0 Å². The molecular formula is C13H8O2S. The smallest absolute Gasteiger partial charge is 0.160 e. The average molecular weight is 228 g/mol. The molecule has 0 atom stereocenters. The van der Waals surface area contributed by atoms with Crippen molar-refractivity contribution in [1.82, 2.24) is 0 Å². The van der Waals surface area contributed by atoms with Crippen molar-refractivity contribution < 1.29 is 9.21 Å². The lowest BCUT2D eigenvalue weighted by atomic mass is 10.0. The standard InChI is InChI=1S/C13H8O2S/c14-7-10-6-9(8-16-10)11-2-1-3-13-12(11)4-5-15-13/h1-8H. The second-order valence-corrected chi connectivity index (χ2v) is 4.44. The molecule has 0 saturated heterocycles. The Bertz CT molecular complexity index is 649. The van der Waals surface area contributed by atoms with Gasteiger partial charge in [-0.15, -0.1) is 11.3 Å². The van der Waals surface area contributed by atoms with Crippen molar-refractivity contribution in [3.63, 3.8) is 0 Å². The molecule has 0 aliphatic carbocycles. The summed E-state index contributed by atoms with van der Waals surface area (Å²) in [5.74, 6) is 0. The first-order valence-electron chi connectivity index (χ1n) is 4.89. The maximum Gasteiger partial charge on any atom is 0.160 e. The second kappa shape index (κ2) is 3.61. The third-order valence-corrected chi connectivity index (χ3v) is 3.40. The van der Waals surface area contributed by atoms with Gasteiger partial charge in [0.1, 0.15) is 5.58 Å². The Morgan fingerprint density at radius 2 is 2.19 bits per heavy atom. The van der Waals surface area contributed by atoms with E-state index in [1.54, 1.807) is 6.26 Å². The van der Waals surface area contributed by atoms with Gasteiger partial charge in [-0.1, -0.05) is 12.1 Å². The fourth-order valence-electron chi connectivity index (χ4n) is 1.80. The van der Waals surface area contributed by atoms with E-state index >= 15 is 0 Å². The quantitative estimate of drug-likeness (QED) is 0.621. The summed E-state index contributed by atoms with van der Waals surface area (Å²) in [6.07, 6.45) is 2.56. The fourth-order valence-corrected chi connectivity index (χ4v) is 2.51. The first kappa shape index (κ1) is 9.36. The molecule has 16 heavy (non-hydrogen) atoms. The molecule has 0 spiro atoms. The highest BCUT2D eigenvalue weighted by Gasteiger charge is 2.07. The molecule has 0 N–H and O–H groups in total. The van der Waals surface area contributed by atoms with Crippen molar-refractivity contribution in [3.8, 4) is 11.1 Å². The SMILES string of the molecule is O=Cc1cc(-c2cccc3occc23)cs1. The molecule has 3 aromatic rings. The molecule has 0 radical (unpaired) electrons. The van der Waals surface area contributed by atoms with Gasteiger partial charge >= 0.3 is 0 Å². The summed E-state index contributed by atoms with van der Waals surface area (Å²) in [7, 11) is 0. The molecule has 78 valence electrons.